The Bertz CT molecular complexity index is 547. The largest absolute Gasteiger partial charge is 0.495 e. The summed E-state index contributed by atoms with van der Waals surface area (Å²) in [6.45, 7) is 4.74. The summed E-state index contributed by atoms with van der Waals surface area (Å²) in [5.41, 5.74) is 1.93. The van der Waals surface area contributed by atoms with Crippen LogP contribution in [0.5, 0.6) is 5.75 Å². The number of benzene rings is 1. The van der Waals surface area contributed by atoms with Gasteiger partial charge in [-0.2, -0.15) is 4.31 Å². The van der Waals surface area contributed by atoms with E-state index in [2.05, 4.69) is 0 Å². The van der Waals surface area contributed by atoms with Gasteiger partial charge in [0, 0.05) is 6.54 Å². The number of nitrogens with zero attached hydrogens (tertiary/aromatic N) is 1. The van der Waals surface area contributed by atoms with E-state index in [1.807, 2.05) is 13.8 Å². The smallest absolute Gasteiger partial charge is 0.248 e. The first-order chi connectivity index (χ1) is 8.46. The average Bonchev–Trinajstić information content (AvgIpc) is 2.86. The summed E-state index contributed by atoms with van der Waals surface area (Å²) in [5, 5.41) is 0. The van der Waals surface area contributed by atoms with Crippen LogP contribution in [0.4, 0.5) is 0 Å². The van der Waals surface area contributed by atoms with Crippen LogP contribution in [-0.4, -0.2) is 39.7 Å². The molecule has 1 heterocycles. The molecule has 0 bridgehead atoms. The van der Waals surface area contributed by atoms with E-state index in [4.69, 9.17) is 9.47 Å². The third-order valence-electron chi connectivity index (χ3n) is 3.12. The molecule has 0 saturated carbocycles. The summed E-state index contributed by atoms with van der Waals surface area (Å²) in [4.78, 5) is 0.207. The number of rotatable bonds is 3. The molecule has 5 nitrogen and oxygen atoms in total. The fraction of sp³-hybridized carbons (Fsp3) is 0.500. The Kier molecular flexibility index (Phi) is 3.61. The zero-order chi connectivity index (χ0) is 13.3. The number of sulfonamides is 1. The molecule has 0 amide bonds. The SMILES string of the molecule is COc1cc(C)c(C)cc1S(=O)(=O)N1CCOC1. The minimum Gasteiger partial charge on any atom is -0.495 e. The average molecular weight is 271 g/mol. The van der Waals surface area contributed by atoms with E-state index in [0.717, 1.165) is 11.1 Å². The van der Waals surface area contributed by atoms with Crippen molar-refractivity contribution in [1.29, 1.82) is 0 Å². The van der Waals surface area contributed by atoms with Crippen molar-refractivity contribution in [1.82, 2.24) is 4.31 Å². The lowest BCUT2D eigenvalue weighted by molar-refractivity contribution is 0.172. The second-order valence-electron chi connectivity index (χ2n) is 4.31. The first-order valence-electron chi connectivity index (χ1n) is 5.70. The third kappa shape index (κ3) is 2.23. The molecule has 1 aliphatic heterocycles. The predicted molar refractivity (Wildman–Crippen MR) is 67.2 cm³/mol. The molecule has 1 aliphatic rings. The van der Waals surface area contributed by atoms with Crippen molar-refractivity contribution < 1.29 is 17.9 Å². The Morgan fingerprint density at radius 2 is 1.94 bits per heavy atom. The summed E-state index contributed by atoms with van der Waals surface area (Å²) >= 11 is 0. The standard InChI is InChI=1S/C12H17NO4S/c1-9-6-11(16-3)12(7-10(9)2)18(14,15)13-4-5-17-8-13/h6-7H,4-5,8H2,1-3H3. The second kappa shape index (κ2) is 4.87. The molecule has 1 aromatic rings. The second-order valence-corrected chi connectivity index (χ2v) is 6.21. The molecule has 0 aromatic heterocycles. The van der Waals surface area contributed by atoms with Crippen LogP contribution in [0.3, 0.4) is 0 Å². The van der Waals surface area contributed by atoms with Gasteiger partial charge in [0.2, 0.25) is 10.0 Å². The Labute approximate surface area is 107 Å². The van der Waals surface area contributed by atoms with Crippen LogP contribution >= 0.6 is 0 Å². The first-order valence-corrected chi connectivity index (χ1v) is 7.14. The summed E-state index contributed by atoms with van der Waals surface area (Å²) in [6.07, 6.45) is 0. The van der Waals surface area contributed by atoms with Gasteiger partial charge in [0.15, 0.2) is 0 Å². The minimum absolute atomic E-state index is 0.110. The molecule has 0 unspecified atom stereocenters. The zero-order valence-corrected chi connectivity index (χ0v) is 11.6. The van der Waals surface area contributed by atoms with E-state index in [1.165, 1.54) is 11.4 Å². The van der Waals surface area contributed by atoms with Gasteiger partial charge in [-0.1, -0.05) is 0 Å². The molecule has 0 spiro atoms. The van der Waals surface area contributed by atoms with Crippen molar-refractivity contribution in [2.45, 2.75) is 18.7 Å². The number of methoxy groups -OCH3 is 1. The van der Waals surface area contributed by atoms with Crippen LogP contribution in [0.15, 0.2) is 17.0 Å². The highest BCUT2D eigenvalue weighted by atomic mass is 32.2. The van der Waals surface area contributed by atoms with Crippen molar-refractivity contribution in [3.8, 4) is 5.75 Å². The quantitative estimate of drug-likeness (QED) is 0.831. The molecule has 0 aliphatic carbocycles. The van der Waals surface area contributed by atoms with Crippen molar-refractivity contribution >= 4 is 10.0 Å². The summed E-state index contributed by atoms with van der Waals surface area (Å²) < 4.78 is 36.5. The van der Waals surface area contributed by atoms with E-state index in [1.54, 1.807) is 12.1 Å². The highest BCUT2D eigenvalue weighted by molar-refractivity contribution is 7.89. The Morgan fingerprint density at radius 1 is 1.28 bits per heavy atom. The zero-order valence-electron chi connectivity index (χ0n) is 10.8. The van der Waals surface area contributed by atoms with Gasteiger partial charge in [0.1, 0.15) is 17.4 Å². The summed E-state index contributed by atoms with van der Waals surface area (Å²) in [7, 11) is -2.06. The van der Waals surface area contributed by atoms with Crippen LogP contribution in [0.25, 0.3) is 0 Å². The molecule has 1 aromatic carbocycles. The fourth-order valence-electron chi connectivity index (χ4n) is 1.85. The lowest BCUT2D eigenvalue weighted by atomic mass is 10.1. The molecule has 0 atom stereocenters. The molecule has 1 fully saturated rings. The van der Waals surface area contributed by atoms with Crippen LogP contribution in [0.2, 0.25) is 0 Å². The van der Waals surface area contributed by atoms with Gasteiger partial charge < -0.3 is 9.47 Å². The molecule has 100 valence electrons. The van der Waals surface area contributed by atoms with Crippen molar-refractivity contribution in [2.24, 2.45) is 0 Å². The highest BCUT2D eigenvalue weighted by Gasteiger charge is 2.30. The Morgan fingerprint density at radius 3 is 2.50 bits per heavy atom. The van der Waals surface area contributed by atoms with Gasteiger partial charge in [-0.3, -0.25) is 0 Å². The van der Waals surface area contributed by atoms with Gasteiger partial charge in [-0.25, -0.2) is 8.42 Å². The maximum atomic E-state index is 12.4. The van der Waals surface area contributed by atoms with Gasteiger partial charge in [-0.05, 0) is 37.1 Å². The normalized spacial score (nSPS) is 17.1. The lowest BCUT2D eigenvalue weighted by Gasteiger charge is -2.17. The molecular weight excluding hydrogens is 254 g/mol. The number of aryl methyl sites for hydroxylation is 2. The number of hydrogen-bond acceptors (Lipinski definition) is 4. The molecule has 2 rings (SSSR count). The highest BCUT2D eigenvalue weighted by Crippen LogP contribution is 2.30. The minimum atomic E-state index is -3.54. The topological polar surface area (TPSA) is 55.8 Å². The Balaban J connectivity index is 2.52. The maximum Gasteiger partial charge on any atom is 0.248 e. The van der Waals surface area contributed by atoms with Gasteiger partial charge in [-0.15, -0.1) is 0 Å². The predicted octanol–water partition coefficient (Wildman–Crippen LogP) is 1.29. The third-order valence-corrected chi connectivity index (χ3v) is 4.96. The van der Waals surface area contributed by atoms with Crippen molar-refractivity contribution in [3.05, 3.63) is 23.3 Å². The summed E-state index contributed by atoms with van der Waals surface area (Å²) in [5.74, 6) is 0.380. The van der Waals surface area contributed by atoms with Crippen molar-refractivity contribution in [3.63, 3.8) is 0 Å². The van der Waals surface area contributed by atoms with E-state index in [-0.39, 0.29) is 11.6 Å². The first kappa shape index (κ1) is 13.3. The van der Waals surface area contributed by atoms with E-state index in [0.29, 0.717) is 18.9 Å². The molecule has 0 radical (unpaired) electrons. The molecular formula is C12H17NO4S. The summed E-state index contributed by atoms with van der Waals surface area (Å²) in [6, 6.07) is 3.40. The van der Waals surface area contributed by atoms with Gasteiger partial charge in [0.05, 0.1) is 13.7 Å². The molecule has 1 saturated heterocycles. The van der Waals surface area contributed by atoms with Crippen LogP contribution in [0, 0.1) is 13.8 Å². The number of ether oxygens (including phenoxy) is 2. The van der Waals surface area contributed by atoms with Crippen molar-refractivity contribution in [2.75, 3.05) is 27.0 Å². The Hall–Kier alpha value is -1.11. The lowest BCUT2D eigenvalue weighted by Crippen LogP contribution is -2.28. The van der Waals surface area contributed by atoms with E-state index >= 15 is 0 Å². The van der Waals surface area contributed by atoms with E-state index < -0.39 is 10.0 Å². The van der Waals surface area contributed by atoms with Gasteiger partial charge >= 0.3 is 0 Å². The monoisotopic (exact) mass is 271 g/mol. The van der Waals surface area contributed by atoms with Gasteiger partial charge in [0.25, 0.3) is 0 Å². The van der Waals surface area contributed by atoms with Crippen LogP contribution in [-0.2, 0) is 14.8 Å². The van der Waals surface area contributed by atoms with Crippen LogP contribution < -0.4 is 4.74 Å². The maximum absolute atomic E-state index is 12.4. The molecule has 0 N–H and O–H groups in total. The molecule has 18 heavy (non-hydrogen) atoms. The van der Waals surface area contributed by atoms with Crippen LogP contribution in [0.1, 0.15) is 11.1 Å². The fourth-order valence-corrected chi connectivity index (χ4v) is 3.38. The number of hydrogen-bond donors (Lipinski definition) is 0. The van der Waals surface area contributed by atoms with E-state index in [9.17, 15) is 8.42 Å². The molecule has 6 heteroatoms.